The number of hydrogen-bond donors (Lipinski definition) is 1. The fraction of sp³-hybridized carbons (Fsp3) is 0.150. The van der Waals surface area contributed by atoms with Crippen LogP contribution < -0.4 is 10.1 Å². The molecule has 4 aromatic rings. The van der Waals surface area contributed by atoms with Crippen LogP contribution in [0.1, 0.15) is 11.3 Å². The monoisotopic (exact) mass is 394 g/mol. The number of carbonyl (C=O) groups excluding carboxylic acids is 1. The molecular formula is C20H18N4O3S. The Bertz CT molecular complexity index is 1080. The zero-order valence-corrected chi connectivity index (χ0v) is 16.2. The molecule has 0 bridgehead atoms. The number of carbonyl (C=O) groups is 1. The molecule has 0 radical (unpaired) electrons. The molecule has 0 saturated heterocycles. The summed E-state index contributed by atoms with van der Waals surface area (Å²) in [5, 5.41) is 9.79. The first-order valence-electron chi connectivity index (χ1n) is 8.64. The SMILES string of the molecule is Cc1ccc(OCC(=O)Nc2cc(C)nn2-c2nc(-c3ccco3)cs2)cc1. The Morgan fingerprint density at radius 3 is 2.82 bits per heavy atom. The molecule has 0 saturated carbocycles. The van der Waals surface area contributed by atoms with Crippen molar-refractivity contribution < 1.29 is 13.9 Å². The number of ether oxygens (including phenoxy) is 1. The largest absolute Gasteiger partial charge is 0.484 e. The Balaban J connectivity index is 1.47. The first kappa shape index (κ1) is 18.0. The van der Waals surface area contributed by atoms with Crippen LogP contribution in [0.15, 0.2) is 58.5 Å². The van der Waals surface area contributed by atoms with Gasteiger partial charge in [-0.1, -0.05) is 17.7 Å². The average molecular weight is 394 g/mol. The molecule has 0 aliphatic rings. The van der Waals surface area contributed by atoms with Crippen LogP contribution in [0.4, 0.5) is 5.82 Å². The zero-order chi connectivity index (χ0) is 19.5. The van der Waals surface area contributed by atoms with Gasteiger partial charge in [0.2, 0.25) is 5.13 Å². The number of nitrogens with one attached hydrogen (secondary N) is 1. The summed E-state index contributed by atoms with van der Waals surface area (Å²) >= 11 is 1.41. The third-order valence-corrected chi connectivity index (χ3v) is 4.75. The van der Waals surface area contributed by atoms with E-state index in [-0.39, 0.29) is 12.5 Å². The second-order valence-electron chi connectivity index (χ2n) is 6.23. The third kappa shape index (κ3) is 3.96. The van der Waals surface area contributed by atoms with Gasteiger partial charge in [0.15, 0.2) is 12.4 Å². The van der Waals surface area contributed by atoms with Crippen molar-refractivity contribution in [3.63, 3.8) is 0 Å². The molecule has 0 fully saturated rings. The van der Waals surface area contributed by atoms with Crippen molar-refractivity contribution in [1.82, 2.24) is 14.8 Å². The standard InChI is InChI=1S/C20H18N4O3S/c1-13-5-7-15(8-6-13)27-11-19(25)22-18-10-14(2)23-24(18)20-21-16(12-28-20)17-4-3-9-26-17/h3-10,12H,11H2,1-2H3,(H,22,25). The Morgan fingerprint density at radius 2 is 2.07 bits per heavy atom. The van der Waals surface area contributed by atoms with E-state index in [0.717, 1.165) is 17.0 Å². The molecule has 3 aromatic heterocycles. The lowest BCUT2D eigenvalue weighted by molar-refractivity contribution is -0.118. The number of anilines is 1. The van der Waals surface area contributed by atoms with Gasteiger partial charge in [-0.2, -0.15) is 9.78 Å². The van der Waals surface area contributed by atoms with Crippen LogP contribution in [0.25, 0.3) is 16.6 Å². The second-order valence-corrected chi connectivity index (χ2v) is 7.06. The Hall–Kier alpha value is -3.39. The van der Waals surface area contributed by atoms with Gasteiger partial charge in [0.05, 0.1) is 12.0 Å². The fourth-order valence-corrected chi connectivity index (χ4v) is 3.37. The van der Waals surface area contributed by atoms with Gasteiger partial charge in [-0.25, -0.2) is 4.98 Å². The highest BCUT2D eigenvalue weighted by Crippen LogP contribution is 2.26. The quantitative estimate of drug-likeness (QED) is 0.529. The summed E-state index contributed by atoms with van der Waals surface area (Å²) in [6.07, 6.45) is 1.60. The summed E-state index contributed by atoms with van der Waals surface area (Å²) in [4.78, 5) is 16.9. The summed E-state index contributed by atoms with van der Waals surface area (Å²) < 4.78 is 12.5. The van der Waals surface area contributed by atoms with Crippen LogP contribution in [0.3, 0.4) is 0 Å². The maximum Gasteiger partial charge on any atom is 0.263 e. The Labute approximate surface area is 165 Å². The number of rotatable bonds is 6. The van der Waals surface area contributed by atoms with Gasteiger partial charge in [-0.15, -0.1) is 11.3 Å². The minimum absolute atomic E-state index is 0.0944. The van der Waals surface area contributed by atoms with Crippen molar-refractivity contribution >= 4 is 23.1 Å². The molecule has 0 atom stereocenters. The van der Waals surface area contributed by atoms with E-state index < -0.39 is 0 Å². The summed E-state index contributed by atoms with van der Waals surface area (Å²) in [7, 11) is 0. The minimum Gasteiger partial charge on any atom is -0.484 e. The zero-order valence-electron chi connectivity index (χ0n) is 15.4. The average Bonchev–Trinajstić information content (AvgIpc) is 3.41. The summed E-state index contributed by atoms with van der Waals surface area (Å²) in [5.74, 6) is 1.59. The maximum absolute atomic E-state index is 12.3. The number of hydrogen-bond acceptors (Lipinski definition) is 6. The van der Waals surface area contributed by atoms with Gasteiger partial charge >= 0.3 is 0 Å². The number of nitrogens with zero attached hydrogens (tertiary/aromatic N) is 3. The molecule has 4 rings (SSSR count). The molecule has 0 aliphatic carbocycles. The topological polar surface area (TPSA) is 82.2 Å². The second kappa shape index (κ2) is 7.69. The highest BCUT2D eigenvalue weighted by Gasteiger charge is 2.15. The van der Waals surface area contributed by atoms with Gasteiger partial charge in [0.25, 0.3) is 5.91 Å². The van der Waals surface area contributed by atoms with Gasteiger partial charge in [0.1, 0.15) is 17.3 Å². The van der Waals surface area contributed by atoms with Crippen molar-refractivity contribution in [3.8, 4) is 22.3 Å². The molecule has 0 unspecified atom stereocenters. The first-order valence-corrected chi connectivity index (χ1v) is 9.52. The number of benzene rings is 1. The molecule has 1 aromatic carbocycles. The minimum atomic E-state index is -0.274. The van der Waals surface area contributed by atoms with Crippen molar-refractivity contribution in [2.75, 3.05) is 11.9 Å². The van der Waals surface area contributed by atoms with Crippen LogP contribution >= 0.6 is 11.3 Å². The van der Waals surface area contributed by atoms with E-state index >= 15 is 0 Å². The molecule has 1 amide bonds. The molecule has 142 valence electrons. The number of amides is 1. The van der Waals surface area contributed by atoms with Gasteiger partial charge < -0.3 is 14.5 Å². The highest BCUT2D eigenvalue weighted by atomic mass is 32.1. The van der Waals surface area contributed by atoms with Gasteiger partial charge in [-0.3, -0.25) is 4.79 Å². The molecule has 8 heteroatoms. The van der Waals surface area contributed by atoms with E-state index in [1.807, 2.05) is 55.6 Å². The van der Waals surface area contributed by atoms with E-state index in [1.54, 1.807) is 17.0 Å². The third-order valence-electron chi connectivity index (χ3n) is 3.94. The van der Waals surface area contributed by atoms with Crippen molar-refractivity contribution in [2.24, 2.45) is 0 Å². The van der Waals surface area contributed by atoms with Crippen LogP contribution in [0.5, 0.6) is 5.75 Å². The van der Waals surface area contributed by atoms with Crippen LogP contribution in [0.2, 0.25) is 0 Å². The van der Waals surface area contributed by atoms with E-state index in [1.165, 1.54) is 11.3 Å². The molecule has 3 heterocycles. The molecule has 1 N–H and O–H groups in total. The highest BCUT2D eigenvalue weighted by molar-refractivity contribution is 7.12. The lowest BCUT2D eigenvalue weighted by Gasteiger charge is -2.08. The van der Waals surface area contributed by atoms with E-state index in [4.69, 9.17) is 9.15 Å². The maximum atomic E-state index is 12.3. The molecular weight excluding hydrogens is 376 g/mol. The van der Waals surface area contributed by atoms with Gasteiger partial charge in [-0.05, 0) is 38.1 Å². The number of aromatic nitrogens is 3. The van der Waals surface area contributed by atoms with Crippen LogP contribution in [-0.4, -0.2) is 27.3 Å². The molecule has 28 heavy (non-hydrogen) atoms. The normalized spacial score (nSPS) is 10.8. The summed E-state index contributed by atoms with van der Waals surface area (Å²) in [6.45, 7) is 3.76. The predicted molar refractivity (Wildman–Crippen MR) is 107 cm³/mol. The number of furan rings is 1. The smallest absolute Gasteiger partial charge is 0.263 e. The Kier molecular flexibility index (Phi) is 4.94. The summed E-state index contributed by atoms with van der Waals surface area (Å²) in [6, 6.07) is 13.0. The van der Waals surface area contributed by atoms with Gasteiger partial charge in [0, 0.05) is 11.4 Å². The lowest BCUT2D eigenvalue weighted by Crippen LogP contribution is -2.21. The van der Waals surface area contributed by atoms with Crippen molar-refractivity contribution in [2.45, 2.75) is 13.8 Å². The first-order chi connectivity index (χ1) is 13.6. The van der Waals surface area contributed by atoms with Crippen molar-refractivity contribution in [1.29, 1.82) is 0 Å². The lowest BCUT2D eigenvalue weighted by atomic mass is 10.2. The van der Waals surface area contributed by atoms with E-state index in [9.17, 15) is 4.79 Å². The molecule has 7 nitrogen and oxygen atoms in total. The number of aryl methyl sites for hydroxylation is 2. The van der Waals surface area contributed by atoms with E-state index in [0.29, 0.717) is 22.5 Å². The molecule has 0 spiro atoms. The van der Waals surface area contributed by atoms with Crippen LogP contribution in [-0.2, 0) is 4.79 Å². The Morgan fingerprint density at radius 1 is 1.25 bits per heavy atom. The van der Waals surface area contributed by atoms with E-state index in [2.05, 4.69) is 15.4 Å². The summed E-state index contributed by atoms with van der Waals surface area (Å²) in [5.41, 5.74) is 2.62. The van der Waals surface area contributed by atoms with Crippen molar-refractivity contribution in [3.05, 3.63) is 65.4 Å². The van der Waals surface area contributed by atoms with Crippen LogP contribution in [0, 0.1) is 13.8 Å². The molecule has 0 aliphatic heterocycles. The number of thiazole rings is 1. The predicted octanol–water partition coefficient (Wildman–Crippen LogP) is 4.22. The fourth-order valence-electron chi connectivity index (χ4n) is 2.60.